The second-order valence-corrected chi connectivity index (χ2v) is 5.20. The predicted molar refractivity (Wildman–Crippen MR) is 68.5 cm³/mol. The molecule has 2 aliphatic carbocycles. The Bertz CT molecular complexity index is 477. The summed E-state index contributed by atoms with van der Waals surface area (Å²) in [6.07, 6.45) is 13.9. The maximum atomic E-state index is 3.37. The third-order valence-corrected chi connectivity index (χ3v) is 2.52. The second-order valence-electron chi connectivity index (χ2n) is 5.20. The molecule has 0 aromatic heterocycles. The van der Waals surface area contributed by atoms with Crippen LogP contribution in [0, 0.1) is 23.3 Å². The van der Waals surface area contributed by atoms with Crippen LogP contribution in [0.3, 0.4) is 0 Å². The number of allylic oxidation sites excluding steroid dienone is 8. The van der Waals surface area contributed by atoms with Crippen LogP contribution in [0.4, 0.5) is 0 Å². The number of rotatable bonds is 1. The molecule has 0 aromatic carbocycles. The van der Waals surface area contributed by atoms with E-state index in [1.165, 1.54) is 16.7 Å². The Morgan fingerprint density at radius 1 is 1.11 bits per heavy atom. The van der Waals surface area contributed by atoms with Crippen LogP contribution in [0.2, 0.25) is 0 Å². The summed E-state index contributed by atoms with van der Waals surface area (Å²) in [5.74, 6) is 6.59. The van der Waals surface area contributed by atoms with E-state index in [4.69, 9.17) is 0 Å². The molecule has 2 rings (SSSR count). The molecule has 0 N–H and O–H groups in total. The molecule has 0 atom stereocenters. The first-order chi connectivity index (χ1) is 7.56. The van der Waals surface area contributed by atoms with E-state index < -0.39 is 0 Å². The van der Waals surface area contributed by atoms with Gasteiger partial charge >= 0.3 is 26.2 Å². The van der Waals surface area contributed by atoms with Crippen molar-refractivity contribution >= 4 is 0 Å². The summed E-state index contributed by atoms with van der Waals surface area (Å²) in [7, 11) is 0. The average Bonchev–Trinajstić information content (AvgIpc) is 2.84. The van der Waals surface area contributed by atoms with Crippen molar-refractivity contribution < 1.29 is 51.0 Å². The van der Waals surface area contributed by atoms with Gasteiger partial charge in [0, 0.05) is 5.41 Å². The quantitative estimate of drug-likeness (QED) is 0.369. The monoisotopic (exact) mass is 369 g/mol. The molecule has 0 aliphatic heterocycles. The Balaban J connectivity index is 0. The number of hydrogen-bond donors (Lipinski definition) is 0. The van der Waals surface area contributed by atoms with Crippen molar-refractivity contribution in [2.24, 2.45) is 5.41 Å². The number of hydrogen-bond acceptors (Lipinski definition) is 0. The molecule has 19 heavy (non-hydrogen) atoms. The number of halogens is 2. The van der Waals surface area contributed by atoms with Crippen LogP contribution in [0.5, 0.6) is 0 Å². The maximum absolute atomic E-state index is 3.37. The van der Waals surface area contributed by atoms with Gasteiger partial charge in [-0.1, -0.05) is 36.8 Å². The van der Waals surface area contributed by atoms with Gasteiger partial charge < -0.3 is 24.8 Å². The minimum absolute atomic E-state index is 0. The zero-order valence-electron chi connectivity index (χ0n) is 11.5. The van der Waals surface area contributed by atoms with Crippen LogP contribution < -0.4 is 24.8 Å². The predicted octanol–water partition coefficient (Wildman–Crippen LogP) is -2.01. The summed E-state index contributed by atoms with van der Waals surface area (Å²) in [4.78, 5) is 0. The van der Waals surface area contributed by atoms with Gasteiger partial charge in [-0.25, -0.2) is 0 Å². The summed E-state index contributed by atoms with van der Waals surface area (Å²) < 4.78 is 0. The SMILES string of the molecule is CC(C)(C)C#CC1=C(C2=[C-]CC=C2)CC=C1.[Cl-].[Cl-].[Zr+3]. The molecule has 1 radical (unpaired) electrons. The fourth-order valence-corrected chi connectivity index (χ4v) is 1.74. The summed E-state index contributed by atoms with van der Waals surface area (Å²) in [5, 5.41) is 0. The summed E-state index contributed by atoms with van der Waals surface area (Å²) in [5.41, 5.74) is 3.82. The van der Waals surface area contributed by atoms with Gasteiger partial charge in [0.2, 0.25) is 0 Å². The van der Waals surface area contributed by atoms with E-state index >= 15 is 0 Å². The van der Waals surface area contributed by atoms with Gasteiger partial charge in [-0.3, -0.25) is 0 Å². The van der Waals surface area contributed by atoms with E-state index in [1.807, 2.05) is 0 Å². The molecular formula is C16H17Cl2Zr. The van der Waals surface area contributed by atoms with Gasteiger partial charge in [-0.05, 0) is 26.3 Å². The van der Waals surface area contributed by atoms with E-state index in [0.29, 0.717) is 0 Å². The van der Waals surface area contributed by atoms with Crippen LogP contribution in [0.25, 0.3) is 0 Å². The first-order valence-corrected chi connectivity index (χ1v) is 5.77. The van der Waals surface area contributed by atoms with Crippen molar-refractivity contribution in [3.63, 3.8) is 0 Å². The van der Waals surface area contributed by atoms with Crippen molar-refractivity contribution in [2.75, 3.05) is 0 Å². The standard InChI is InChI=1S/C16H17.2ClH.Zr/c1-16(2,3)12-11-14-9-6-10-15(14)13-7-4-5-8-13;;;/h4,6-7,9H,5,10H2,1-3H3;2*1H;/q-1;;;+3/p-2. The minimum atomic E-state index is 0. The van der Waals surface area contributed by atoms with Crippen LogP contribution in [-0.2, 0) is 26.2 Å². The van der Waals surface area contributed by atoms with Gasteiger partial charge in [0.25, 0.3) is 0 Å². The van der Waals surface area contributed by atoms with Crippen molar-refractivity contribution in [1.29, 1.82) is 0 Å². The third-order valence-electron chi connectivity index (χ3n) is 2.52. The van der Waals surface area contributed by atoms with E-state index in [0.717, 1.165) is 12.8 Å². The molecule has 0 nitrogen and oxygen atoms in total. The van der Waals surface area contributed by atoms with Gasteiger partial charge in [0.15, 0.2) is 0 Å². The van der Waals surface area contributed by atoms with E-state index in [1.54, 1.807) is 0 Å². The third kappa shape index (κ3) is 6.31. The Hall–Kier alpha value is -0.0169. The van der Waals surface area contributed by atoms with Gasteiger partial charge in [-0.2, -0.15) is 17.7 Å². The topological polar surface area (TPSA) is 0 Å². The Labute approximate surface area is 148 Å². The molecule has 0 bridgehead atoms. The molecule has 0 saturated carbocycles. The van der Waals surface area contributed by atoms with E-state index in [2.05, 4.69) is 63.0 Å². The fraction of sp³-hybridized carbons (Fsp3) is 0.375. The Morgan fingerprint density at radius 3 is 2.32 bits per heavy atom. The van der Waals surface area contributed by atoms with E-state index in [9.17, 15) is 0 Å². The Morgan fingerprint density at radius 2 is 1.79 bits per heavy atom. The van der Waals surface area contributed by atoms with Crippen LogP contribution in [0.15, 0.2) is 41.0 Å². The smallest absolute Gasteiger partial charge is 1.00 e. The zero-order chi connectivity index (χ0) is 11.6. The normalized spacial score (nSPS) is 15.8. The molecule has 0 fully saturated rings. The molecule has 0 aromatic rings. The van der Waals surface area contributed by atoms with Crippen LogP contribution >= 0.6 is 0 Å². The van der Waals surface area contributed by atoms with Crippen molar-refractivity contribution in [2.45, 2.75) is 33.6 Å². The summed E-state index contributed by atoms with van der Waals surface area (Å²) in [6.45, 7) is 6.42. The fourth-order valence-electron chi connectivity index (χ4n) is 1.74. The average molecular weight is 371 g/mol. The van der Waals surface area contributed by atoms with Crippen molar-refractivity contribution in [3.05, 3.63) is 47.1 Å². The van der Waals surface area contributed by atoms with E-state index in [-0.39, 0.29) is 56.4 Å². The molecule has 0 unspecified atom stereocenters. The summed E-state index contributed by atoms with van der Waals surface area (Å²) >= 11 is 0. The van der Waals surface area contributed by atoms with Gasteiger partial charge in [0.1, 0.15) is 0 Å². The molecular weight excluding hydrogens is 354 g/mol. The first-order valence-electron chi connectivity index (χ1n) is 5.77. The molecule has 99 valence electrons. The first kappa shape index (κ1) is 21.3. The molecule has 2 aliphatic rings. The minimum Gasteiger partial charge on any atom is -1.00 e. The van der Waals surface area contributed by atoms with Crippen LogP contribution in [0.1, 0.15) is 33.6 Å². The van der Waals surface area contributed by atoms with Gasteiger partial charge in [0.05, 0.1) is 0 Å². The molecule has 0 spiro atoms. The van der Waals surface area contributed by atoms with Crippen LogP contribution in [-0.4, -0.2) is 0 Å². The van der Waals surface area contributed by atoms with Gasteiger partial charge in [-0.15, -0.1) is 11.6 Å². The molecule has 3 heteroatoms. The summed E-state index contributed by atoms with van der Waals surface area (Å²) in [6, 6.07) is 0. The maximum Gasteiger partial charge on any atom is 3.00 e. The van der Waals surface area contributed by atoms with Crippen molar-refractivity contribution in [1.82, 2.24) is 0 Å². The van der Waals surface area contributed by atoms with Crippen molar-refractivity contribution in [3.8, 4) is 11.8 Å². The molecule has 0 amide bonds. The largest absolute Gasteiger partial charge is 3.00 e. The Kier molecular flexibility index (Phi) is 10.1. The zero-order valence-corrected chi connectivity index (χ0v) is 15.4. The molecule has 0 heterocycles. The second kappa shape index (κ2) is 9.02. The molecule has 0 saturated heterocycles.